The first-order chi connectivity index (χ1) is 12.5. The first-order valence-corrected chi connectivity index (χ1v) is 8.38. The molecule has 7 nitrogen and oxygen atoms in total. The van der Waals surface area contributed by atoms with Crippen molar-refractivity contribution < 1.29 is 4.92 Å². The van der Waals surface area contributed by atoms with Crippen LogP contribution in [-0.2, 0) is 6.54 Å². The number of nitrogens with one attached hydrogen (secondary N) is 2. The van der Waals surface area contributed by atoms with Crippen molar-refractivity contribution in [1.82, 2.24) is 9.78 Å². The van der Waals surface area contributed by atoms with Gasteiger partial charge in [-0.15, -0.1) is 0 Å². The maximum Gasteiger partial charge on any atom is 0.269 e. The number of nitro benzene ring substituents is 1. The number of aromatic nitrogens is 2. The van der Waals surface area contributed by atoms with Crippen LogP contribution in [0.4, 0.5) is 17.2 Å². The van der Waals surface area contributed by atoms with E-state index in [4.69, 9.17) is 23.8 Å². The van der Waals surface area contributed by atoms with Crippen LogP contribution in [0.2, 0.25) is 5.02 Å². The lowest BCUT2D eigenvalue weighted by atomic mass is 10.2. The number of non-ortho nitro benzene ring substituents is 1. The third-order valence-electron chi connectivity index (χ3n) is 3.45. The summed E-state index contributed by atoms with van der Waals surface area (Å²) < 4.78 is 1.77. The fourth-order valence-electron chi connectivity index (χ4n) is 2.28. The zero-order chi connectivity index (χ0) is 18.5. The second-order valence-electron chi connectivity index (χ2n) is 5.41. The Bertz CT molecular complexity index is 942. The quantitative estimate of drug-likeness (QED) is 0.385. The second-order valence-corrected chi connectivity index (χ2v) is 6.26. The van der Waals surface area contributed by atoms with Crippen LogP contribution in [0, 0.1) is 10.1 Å². The minimum absolute atomic E-state index is 0.0224. The van der Waals surface area contributed by atoms with E-state index in [9.17, 15) is 10.1 Å². The number of nitro groups is 1. The van der Waals surface area contributed by atoms with E-state index in [1.165, 1.54) is 12.1 Å². The number of thiocarbonyl (C=S) groups is 1. The van der Waals surface area contributed by atoms with E-state index in [2.05, 4.69) is 15.7 Å². The van der Waals surface area contributed by atoms with Gasteiger partial charge in [-0.3, -0.25) is 14.8 Å². The smallest absolute Gasteiger partial charge is 0.269 e. The van der Waals surface area contributed by atoms with Gasteiger partial charge in [0, 0.05) is 35.1 Å². The molecule has 3 aromatic rings. The highest BCUT2D eigenvalue weighted by Crippen LogP contribution is 2.16. The number of rotatable bonds is 5. The lowest BCUT2D eigenvalue weighted by molar-refractivity contribution is -0.384. The molecule has 0 aliphatic rings. The zero-order valence-corrected chi connectivity index (χ0v) is 15.0. The molecule has 26 heavy (non-hydrogen) atoms. The van der Waals surface area contributed by atoms with Gasteiger partial charge >= 0.3 is 0 Å². The van der Waals surface area contributed by atoms with E-state index in [0.717, 1.165) is 5.56 Å². The number of benzene rings is 2. The van der Waals surface area contributed by atoms with Crippen LogP contribution < -0.4 is 10.6 Å². The van der Waals surface area contributed by atoms with Gasteiger partial charge in [0.25, 0.3) is 5.69 Å². The van der Waals surface area contributed by atoms with Gasteiger partial charge in [-0.25, -0.2) is 0 Å². The van der Waals surface area contributed by atoms with E-state index < -0.39 is 4.92 Å². The molecular formula is C17H14ClN5O2S. The van der Waals surface area contributed by atoms with Crippen LogP contribution in [0.15, 0.2) is 60.8 Å². The summed E-state index contributed by atoms with van der Waals surface area (Å²) >= 11 is 11.2. The Hall–Kier alpha value is -2.97. The van der Waals surface area contributed by atoms with Crippen molar-refractivity contribution in [3.05, 3.63) is 81.5 Å². The number of hydrogen-bond acceptors (Lipinski definition) is 4. The fraction of sp³-hybridized carbons (Fsp3) is 0.0588. The average Bonchev–Trinajstić information content (AvgIpc) is 3.02. The SMILES string of the molecule is O=[N+]([O-])c1ccc(NC(=S)Nc2ccn(Cc3cccc(Cl)c3)n2)cc1. The summed E-state index contributed by atoms with van der Waals surface area (Å²) in [5, 5.41) is 22.0. The predicted octanol–water partition coefficient (Wildman–Crippen LogP) is 4.30. The van der Waals surface area contributed by atoms with E-state index in [-0.39, 0.29) is 5.69 Å². The van der Waals surface area contributed by atoms with Crippen LogP contribution in [0.5, 0.6) is 0 Å². The normalized spacial score (nSPS) is 10.3. The molecule has 2 aromatic carbocycles. The minimum Gasteiger partial charge on any atom is -0.332 e. The van der Waals surface area contributed by atoms with Gasteiger partial charge in [0.05, 0.1) is 11.5 Å². The fourth-order valence-corrected chi connectivity index (χ4v) is 2.72. The molecule has 0 fully saturated rings. The molecule has 0 unspecified atom stereocenters. The molecule has 2 N–H and O–H groups in total. The molecule has 1 heterocycles. The van der Waals surface area contributed by atoms with Crippen molar-refractivity contribution in [3.8, 4) is 0 Å². The van der Waals surface area contributed by atoms with Crippen LogP contribution in [0.25, 0.3) is 0 Å². The first kappa shape index (κ1) is 17.8. The maximum absolute atomic E-state index is 10.7. The number of nitrogens with zero attached hydrogens (tertiary/aromatic N) is 3. The van der Waals surface area contributed by atoms with Gasteiger partial charge in [-0.05, 0) is 42.0 Å². The van der Waals surface area contributed by atoms with Gasteiger partial charge in [-0.2, -0.15) is 5.10 Å². The van der Waals surface area contributed by atoms with Crippen LogP contribution in [-0.4, -0.2) is 19.8 Å². The molecule has 3 rings (SSSR count). The van der Waals surface area contributed by atoms with Crippen LogP contribution in [0.3, 0.4) is 0 Å². The number of hydrogen-bond donors (Lipinski definition) is 2. The highest BCUT2D eigenvalue weighted by atomic mass is 35.5. The highest BCUT2D eigenvalue weighted by Gasteiger charge is 2.06. The van der Waals surface area contributed by atoms with E-state index in [1.54, 1.807) is 22.9 Å². The molecule has 1 aromatic heterocycles. The Morgan fingerprint density at radius 1 is 1.19 bits per heavy atom. The Morgan fingerprint density at radius 2 is 1.96 bits per heavy atom. The van der Waals surface area contributed by atoms with Gasteiger partial charge in [0.15, 0.2) is 10.9 Å². The van der Waals surface area contributed by atoms with Crippen LogP contribution in [0.1, 0.15) is 5.56 Å². The van der Waals surface area contributed by atoms with Gasteiger partial charge in [0.2, 0.25) is 0 Å². The summed E-state index contributed by atoms with van der Waals surface area (Å²) in [7, 11) is 0. The Kier molecular flexibility index (Phi) is 5.45. The first-order valence-electron chi connectivity index (χ1n) is 7.60. The number of halogens is 1. The van der Waals surface area contributed by atoms with E-state index >= 15 is 0 Å². The Balaban J connectivity index is 1.58. The van der Waals surface area contributed by atoms with Gasteiger partial charge in [-0.1, -0.05) is 23.7 Å². The molecule has 0 saturated carbocycles. The highest BCUT2D eigenvalue weighted by molar-refractivity contribution is 7.80. The average molecular weight is 388 g/mol. The summed E-state index contributed by atoms with van der Waals surface area (Å²) in [5.41, 5.74) is 1.71. The second kappa shape index (κ2) is 7.94. The molecule has 0 bridgehead atoms. The Labute approximate surface area is 159 Å². The largest absolute Gasteiger partial charge is 0.332 e. The minimum atomic E-state index is -0.451. The zero-order valence-electron chi connectivity index (χ0n) is 13.4. The van der Waals surface area contributed by atoms with Gasteiger partial charge in [0.1, 0.15) is 0 Å². The topological polar surface area (TPSA) is 85.0 Å². The summed E-state index contributed by atoms with van der Waals surface area (Å²) in [6.07, 6.45) is 1.83. The summed E-state index contributed by atoms with van der Waals surface area (Å²) in [4.78, 5) is 10.2. The third kappa shape index (κ3) is 4.78. The Morgan fingerprint density at radius 3 is 2.65 bits per heavy atom. The molecular weight excluding hydrogens is 374 g/mol. The van der Waals surface area contributed by atoms with E-state index in [0.29, 0.717) is 28.2 Å². The van der Waals surface area contributed by atoms with Gasteiger partial charge < -0.3 is 10.6 Å². The molecule has 0 saturated heterocycles. The van der Waals surface area contributed by atoms with Crippen molar-refractivity contribution in [2.45, 2.75) is 6.54 Å². The summed E-state index contributed by atoms with van der Waals surface area (Å²) in [5.74, 6) is 0.589. The lowest BCUT2D eigenvalue weighted by Gasteiger charge is -2.08. The van der Waals surface area contributed by atoms with E-state index in [1.807, 2.05) is 30.5 Å². The monoisotopic (exact) mass is 387 g/mol. The van der Waals surface area contributed by atoms with Crippen LogP contribution >= 0.6 is 23.8 Å². The van der Waals surface area contributed by atoms with Crippen molar-refractivity contribution in [2.75, 3.05) is 10.6 Å². The maximum atomic E-state index is 10.7. The van der Waals surface area contributed by atoms with Crippen molar-refractivity contribution in [1.29, 1.82) is 0 Å². The molecule has 9 heteroatoms. The molecule has 0 aliphatic heterocycles. The third-order valence-corrected chi connectivity index (χ3v) is 3.89. The summed E-state index contributed by atoms with van der Waals surface area (Å²) in [6, 6.07) is 15.4. The molecule has 0 atom stereocenters. The molecule has 0 spiro atoms. The van der Waals surface area contributed by atoms with Crippen molar-refractivity contribution in [3.63, 3.8) is 0 Å². The summed E-state index contributed by atoms with van der Waals surface area (Å²) in [6.45, 7) is 0.588. The lowest BCUT2D eigenvalue weighted by Crippen LogP contribution is -2.19. The van der Waals surface area contributed by atoms with Crippen molar-refractivity contribution in [2.24, 2.45) is 0 Å². The standard InChI is InChI=1S/C17H14ClN5O2S/c18-13-3-1-2-12(10-13)11-22-9-8-16(21-22)20-17(26)19-14-4-6-15(7-5-14)23(24)25/h1-10H,11H2,(H2,19,20,21,26). The molecule has 0 aliphatic carbocycles. The number of anilines is 2. The molecule has 0 amide bonds. The predicted molar refractivity (Wildman–Crippen MR) is 106 cm³/mol. The molecule has 0 radical (unpaired) electrons. The molecule has 132 valence electrons. The van der Waals surface area contributed by atoms with Crippen molar-refractivity contribution >= 4 is 46.1 Å².